The van der Waals surface area contributed by atoms with Gasteiger partial charge in [0, 0.05) is 18.8 Å². The van der Waals surface area contributed by atoms with Crippen molar-refractivity contribution >= 4 is 23.2 Å². The molecular weight excluding hydrogens is 372 g/mol. The van der Waals surface area contributed by atoms with Crippen LogP contribution in [0.4, 0.5) is 5.69 Å². The second-order valence-corrected chi connectivity index (χ2v) is 8.09. The minimum Gasteiger partial charge on any atom is -0.479 e. The number of para-hydroxylation sites is 1. The van der Waals surface area contributed by atoms with Crippen molar-refractivity contribution in [2.75, 3.05) is 18.0 Å². The summed E-state index contributed by atoms with van der Waals surface area (Å²) in [5.74, 6) is 1.17. The Labute approximate surface area is 172 Å². The number of hydrogen-bond donors (Lipinski definition) is 1. The van der Waals surface area contributed by atoms with Crippen LogP contribution in [0.2, 0.25) is 5.02 Å². The lowest BCUT2D eigenvalue weighted by Crippen LogP contribution is -2.37. The third kappa shape index (κ3) is 5.20. The molecule has 2 aromatic carbocycles. The molecule has 150 valence electrons. The van der Waals surface area contributed by atoms with Gasteiger partial charge < -0.3 is 15.0 Å². The van der Waals surface area contributed by atoms with Crippen molar-refractivity contribution in [3.63, 3.8) is 0 Å². The fourth-order valence-corrected chi connectivity index (χ4v) is 3.62. The van der Waals surface area contributed by atoms with Gasteiger partial charge in [0.25, 0.3) is 5.91 Å². The second kappa shape index (κ2) is 9.33. The Balaban J connectivity index is 1.55. The monoisotopic (exact) mass is 400 g/mol. The fourth-order valence-electron chi connectivity index (χ4n) is 3.44. The molecule has 2 aromatic rings. The van der Waals surface area contributed by atoms with Gasteiger partial charge >= 0.3 is 0 Å². The van der Waals surface area contributed by atoms with Crippen LogP contribution in [0.3, 0.4) is 0 Å². The molecule has 0 radical (unpaired) electrons. The molecule has 5 heteroatoms. The predicted octanol–water partition coefficient (Wildman–Crippen LogP) is 5.22. The molecule has 0 aromatic heterocycles. The number of benzene rings is 2. The van der Waals surface area contributed by atoms with Gasteiger partial charge in [0.05, 0.1) is 11.1 Å². The highest BCUT2D eigenvalue weighted by atomic mass is 35.5. The highest BCUT2D eigenvalue weighted by Gasteiger charge is 2.19. The number of halogens is 1. The van der Waals surface area contributed by atoms with Crippen LogP contribution in [0.5, 0.6) is 5.75 Å². The van der Waals surface area contributed by atoms with E-state index in [1.165, 1.54) is 18.5 Å². The van der Waals surface area contributed by atoms with Crippen molar-refractivity contribution in [1.82, 2.24) is 5.32 Å². The molecule has 4 nitrogen and oxygen atoms in total. The first kappa shape index (κ1) is 20.5. The average Bonchev–Trinajstić information content (AvgIpc) is 2.70. The van der Waals surface area contributed by atoms with E-state index >= 15 is 0 Å². The third-order valence-corrected chi connectivity index (χ3v) is 5.72. The molecule has 1 aliphatic rings. The summed E-state index contributed by atoms with van der Waals surface area (Å²) >= 11 is 6.10. The van der Waals surface area contributed by atoms with Crippen LogP contribution in [0.1, 0.15) is 45.2 Å². The Morgan fingerprint density at radius 1 is 1.11 bits per heavy atom. The first-order chi connectivity index (χ1) is 13.4. The van der Waals surface area contributed by atoms with Crippen LogP contribution in [-0.2, 0) is 4.79 Å². The Morgan fingerprint density at radius 3 is 2.39 bits per heavy atom. The fraction of sp³-hybridized carbons (Fsp3) is 0.435. The SMILES string of the molecule is CC1CCN(c2ccc(C(C)NC(=O)C(C)Oc3ccccc3Cl)cc2)CC1. The van der Waals surface area contributed by atoms with E-state index < -0.39 is 6.10 Å². The zero-order valence-corrected chi connectivity index (χ0v) is 17.6. The predicted molar refractivity (Wildman–Crippen MR) is 115 cm³/mol. The van der Waals surface area contributed by atoms with Crippen molar-refractivity contribution < 1.29 is 9.53 Å². The van der Waals surface area contributed by atoms with E-state index in [2.05, 4.69) is 41.4 Å². The Hall–Kier alpha value is -2.20. The summed E-state index contributed by atoms with van der Waals surface area (Å²) in [5, 5.41) is 3.52. The molecule has 1 amide bonds. The van der Waals surface area contributed by atoms with Gasteiger partial charge in [-0.3, -0.25) is 4.79 Å². The highest BCUT2D eigenvalue weighted by Crippen LogP contribution is 2.26. The summed E-state index contributed by atoms with van der Waals surface area (Å²) in [5.41, 5.74) is 2.33. The van der Waals surface area contributed by atoms with Gasteiger partial charge in [0.1, 0.15) is 5.75 Å². The summed E-state index contributed by atoms with van der Waals surface area (Å²) in [6, 6.07) is 15.6. The van der Waals surface area contributed by atoms with E-state index in [-0.39, 0.29) is 11.9 Å². The molecule has 1 fully saturated rings. The van der Waals surface area contributed by atoms with Gasteiger partial charge in [0.15, 0.2) is 6.10 Å². The number of nitrogens with one attached hydrogen (secondary N) is 1. The molecule has 0 aliphatic carbocycles. The molecule has 28 heavy (non-hydrogen) atoms. The number of hydrogen-bond acceptors (Lipinski definition) is 3. The van der Waals surface area contributed by atoms with Gasteiger partial charge in [-0.05, 0) is 62.4 Å². The summed E-state index contributed by atoms with van der Waals surface area (Å²) < 4.78 is 5.70. The van der Waals surface area contributed by atoms with Crippen molar-refractivity contribution in [1.29, 1.82) is 0 Å². The molecule has 0 spiro atoms. The smallest absolute Gasteiger partial charge is 0.261 e. The second-order valence-electron chi connectivity index (χ2n) is 7.68. The first-order valence-corrected chi connectivity index (χ1v) is 10.4. The largest absolute Gasteiger partial charge is 0.479 e. The number of piperidine rings is 1. The molecule has 1 saturated heterocycles. The van der Waals surface area contributed by atoms with Crippen LogP contribution in [0.15, 0.2) is 48.5 Å². The first-order valence-electron chi connectivity index (χ1n) is 10.0. The van der Waals surface area contributed by atoms with Crippen LogP contribution >= 0.6 is 11.6 Å². The lowest BCUT2D eigenvalue weighted by molar-refractivity contribution is -0.127. The quantitative estimate of drug-likeness (QED) is 0.722. The van der Waals surface area contributed by atoms with Gasteiger partial charge in [-0.1, -0.05) is 42.8 Å². The number of rotatable bonds is 6. The number of carbonyl (C=O) groups excluding carboxylic acids is 1. The third-order valence-electron chi connectivity index (χ3n) is 5.41. The maximum absolute atomic E-state index is 12.5. The Kier molecular flexibility index (Phi) is 6.84. The minimum absolute atomic E-state index is 0.0970. The number of amides is 1. The molecule has 0 bridgehead atoms. The van der Waals surface area contributed by atoms with Crippen molar-refractivity contribution in [3.8, 4) is 5.75 Å². The number of ether oxygens (including phenoxy) is 1. The Bertz CT molecular complexity index is 785. The van der Waals surface area contributed by atoms with Gasteiger partial charge in [0.2, 0.25) is 0 Å². The maximum Gasteiger partial charge on any atom is 0.261 e. The lowest BCUT2D eigenvalue weighted by atomic mass is 9.98. The van der Waals surface area contributed by atoms with Crippen LogP contribution in [0.25, 0.3) is 0 Å². The van der Waals surface area contributed by atoms with Gasteiger partial charge in [-0.2, -0.15) is 0 Å². The lowest BCUT2D eigenvalue weighted by Gasteiger charge is -2.32. The van der Waals surface area contributed by atoms with Crippen molar-refractivity contribution in [2.45, 2.75) is 45.8 Å². The molecule has 1 N–H and O–H groups in total. The summed E-state index contributed by atoms with van der Waals surface area (Å²) in [4.78, 5) is 14.9. The molecule has 2 atom stereocenters. The topological polar surface area (TPSA) is 41.6 Å². The molecule has 1 aliphatic heterocycles. The average molecular weight is 401 g/mol. The summed E-state index contributed by atoms with van der Waals surface area (Å²) in [7, 11) is 0. The van der Waals surface area contributed by atoms with E-state index in [0.29, 0.717) is 10.8 Å². The van der Waals surface area contributed by atoms with E-state index in [1.807, 2.05) is 19.1 Å². The maximum atomic E-state index is 12.5. The number of carbonyl (C=O) groups is 1. The van der Waals surface area contributed by atoms with E-state index in [4.69, 9.17) is 16.3 Å². The highest BCUT2D eigenvalue weighted by molar-refractivity contribution is 6.32. The molecule has 1 heterocycles. The van der Waals surface area contributed by atoms with Crippen LogP contribution < -0.4 is 15.0 Å². The van der Waals surface area contributed by atoms with E-state index in [9.17, 15) is 4.79 Å². The van der Waals surface area contributed by atoms with Crippen molar-refractivity contribution in [3.05, 3.63) is 59.1 Å². The van der Waals surface area contributed by atoms with Gasteiger partial charge in [-0.25, -0.2) is 0 Å². The van der Waals surface area contributed by atoms with Crippen LogP contribution in [0, 0.1) is 5.92 Å². The summed E-state index contributed by atoms with van der Waals surface area (Å²) in [6.45, 7) is 8.26. The zero-order chi connectivity index (χ0) is 20.1. The normalized spacial score (nSPS) is 17.1. The molecule has 0 saturated carbocycles. The van der Waals surface area contributed by atoms with E-state index in [0.717, 1.165) is 24.6 Å². The summed E-state index contributed by atoms with van der Waals surface area (Å²) in [6.07, 6.45) is 1.87. The zero-order valence-electron chi connectivity index (χ0n) is 16.8. The minimum atomic E-state index is -0.628. The van der Waals surface area contributed by atoms with E-state index in [1.54, 1.807) is 19.1 Å². The Morgan fingerprint density at radius 2 is 1.75 bits per heavy atom. The van der Waals surface area contributed by atoms with Crippen molar-refractivity contribution in [2.24, 2.45) is 5.92 Å². The number of anilines is 1. The van der Waals surface area contributed by atoms with Crippen LogP contribution in [-0.4, -0.2) is 25.1 Å². The number of nitrogens with zero attached hydrogens (tertiary/aromatic N) is 1. The molecule has 3 rings (SSSR count). The van der Waals surface area contributed by atoms with Gasteiger partial charge in [-0.15, -0.1) is 0 Å². The standard InChI is InChI=1S/C23H29ClN2O2/c1-16-12-14-26(15-13-16)20-10-8-19(9-11-20)17(2)25-23(27)18(3)28-22-7-5-4-6-21(22)24/h4-11,16-18H,12-15H2,1-3H3,(H,25,27). The molecule has 2 unspecified atom stereocenters. The molecular formula is C23H29ClN2O2.